The van der Waals surface area contributed by atoms with Gasteiger partial charge in [-0.2, -0.15) is 0 Å². The second kappa shape index (κ2) is 5.26. The highest BCUT2D eigenvalue weighted by Gasteiger charge is 2.04. The molecule has 15 heavy (non-hydrogen) atoms. The highest BCUT2D eigenvalue weighted by atomic mass is 35.5. The van der Waals surface area contributed by atoms with E-state index in [0.717, 1.165) is 22.8 Å². The largest absolute Gasteiger partial charge is 0.383 e. The molecule has 0 aromatic heterocycles. The molecule has 1 unspecified atom stereocenters. The predicted molar refractivity (Wildman–Crippen MR) is 69.2 cm³/mol. The average Bonchev–Trinajstić information content (AvgIpc) is 2.17. The van der Waals surface area contributed by atoms with E-state index in [0.29, 0.717) is 6.04 Å². The van der Waals surface area contributed by atoms with Crippen LogP contribution in [0.1, 0.15) is 20.3 Å². The normalized spacial score (nSPS) is 12.3. The Labute approximate surface area is 97.2 Å². The summed E-state index contributed by atoms with van der Waals surface area (Å²) >= 11 is 6.17. The van der Waals surface area contributed by atoms with Gasteiger partial charge in [0.25, 0.3) is 0 Å². The zero-order valence-corrected chi connectivity index (χ0v) is 10.6. The molecular formula is C12H19ClN2. The summed E-state index contributed by atoms with van der Waals surface area (Å²) in [5.41, 5.74) is 2.13. The fourth-order valence-electron chi connectivity index (χ4n) is 1.35. The number of rotatable bonds is 4. The van der Waals surface area contributed by atoms with Crippen molar-refractivity contribution in [3.05, 3.63) is 23.2 Å². The molecule has 1 N–H and O–H groups in total. The van der Waals surface area contributed by atoms with Gasteiger partial charge in [-0.3, -0.25) is 0 Å². The predicted octanol–water partition coefficient (Wildman–Crippen LogP) is 3.62. The average molecular weight is 227 g/mol. The van der Waals surface area contributed by atoms with Gasteiger partial charge < -0.3 is 10.2 Å². The Morgan fingerprint density at radius 3 is 2.53 bits per heavy atom. The van der Waals surface area contributed by atoms with Crippen LogP contribution in [-0.4, -0.2) is 20.1 Å². The molecule has 0 aliphatic heterocycles. The number of halogens is 1. The lowest BCUT2D eigenvalue weighted by atomic mass is 10.2. The molecule has 1 aromatic carbocycles. The molecule has 1 atom stereocenters. The molecule has 1 rings (SSSR count). The topological polar surface area (TPSA) is 15.3 Å². The lowest BCUT2D eigenvalue weighted by Gasteiger charge is -2.17. The molecule has 0 heterocycles. The van der Waals surface area contributed by atoms with E-state index in [9.17, 15) is 0 Å². The van der Waals surface area contributed by atoms with Crippen LogP contribution < -0.4 is 10.2 Å². The highest BCUT2D eigenvalue weighted by molar-refractivity contribution is 6.33. The van der Waals surface area contributed by atoms with Gasteiger partial charge in [0, 0.05) is 25.8 Å². The number of hydrogen-bond donors (Lipinski definition) is 1. The van der Waals surface area contributed by atoms with Gasteiger partial charge in [0.15, 0.2) is 0 Å². The van der Waals surface area contributed by atoms with Crippen molar-refractivity contribution in [3.8, 4) is 0 Å². The first-order valence-corrected chi connectivity index (χ1v) is 5.65. The van der Waals surface area contributed by atoms with Crippen LogP contribution in [0.2, 0.25) is 5.02 Å². The standard InChI is InChI=1S/C12H19ClN2/c1-5-9(2)14-10-6-7-12(15(3)4)11(13)8-10/h6-9,14H,5H2,1-4H3. The molecule has 0 saturated heterocycles. The minimum atomic E-state index is 0.478. The number of benzene rings is 1. The summed E-state index contributed by atoms with van der Waals surface area (Å²) in [6, 6.07) is 6.55. The Hall–Kier alpha value is -0.890. The van der Waals surface area contributed by atoms with E-state index in [1.165, 1.54) is 0 Å². The van der Waals surface area contributed by atoms with Gasteiger partial charge in [-0.25, -0.2) is 0 Å². The van der Waals surface area contributed by atoms with Crippen LogP contribution in [0.3, 0.4) is 0 Å². The van der Waals surface area contributed by atoms with Crippen molar-refractivity contribution in [2.45, 2.75) is 26.3 Å². The molecule has 0 radical (unpaired) electrons. The second-order valence-corrected chi connectivity index (χ2v) is 4.42. The molecule has 0 spiro atoms. The molecule has 0 fully saturated rings. The summed E-state index contributed by atoms with van der Waals surface area (Å²) in [5, 5.41) is 4.18. The lowest BCUT2D eigenvalue weighted by molar-refractivity contribution is 0.764. The summed E-state index contributed by atoms with van der Waals surface area (Å²) in [6.07, 6.45) is 1.10. The number of nitrogens with zero attached hydrogens (tertiary/aromatic N) is 1. The fourth-order valence-corrected chi connectivity index (χ4v) is 1.70. The first kappa shape index (κ1) is 12.2. The van der Waals surface area contributed by atoms with Crippen LogP contribution in [0.4, 0.5) is 11.4 Å². The first-order chi connectivity index (χ1) is 7.04. The number of nitrogens with one attached hydrogen (secondary N) is 1. The third kappa shape index (κ3) is 3.31. The van der Waals surface area contributed by atoms with Crippen LogP contribution in [-0.2, 0) is 0 Å². The van der Waals surface area contributed by atoms with Crippen molar-refractivity contribution in [1.82, 2.24) is 0 Å². The first-order valence-electron chi connectivity index (χ1n) is 5.28. The molecule has 84 valence electrons. The van der Waals surface area contributed by atoms with E-state index in [-0.39, 0.29) is 0 Å². The van der Waals surface area contributed by atoms with E-state index >= 15 is 0 Å². The summed E-state index contributed by atoms with van der Waals surface area (Å²) in [4.78, 5) is 2.01. The minimum Gasteiger partial charge on any atom is -0.383 e. The van der Waals surface area contributed by atoms with Gasteiger partial charge >= 0.3 is 0 Å². The molecule has 0 aliphatic rings. The van der Waals surface area contributed by atoms with E-state index in [1.54, 1.807) is 0 Å². The third-order valence-corrected chi connectivity index (χ3v) is 2.76. The lowest BCUT2D eigenvalue weighted by Crippen LogP contribution is -2.14. The van der Waals surface area contributed by atoms with Gasteiger partial charge in [0.05, 0.1) is 10.7 Å². The molecule has 3 heteroatoms. The fraction of sp³-hybridized carbons (Fsp3) is 0.500. The maximum absolute atomic E-state index is 6.17. The Morgan fingerprint density at radius 1 is 1.40 bits per heavy atom. The van der Waals surface area contributed by atoms with Crippen molar-refractivity contribution in [2.75, 3.05) is 24.3 Å². The van der Waals surface area contributed by atoms with Crippen LogP contribution in [0.25, 0.3) is 0 Å². The second-order valence-electron chi connectivity index (χ2n) is 4.01. The van der Waals surface area contributed by atoms with Crippen molar-refractivity contribution < 1.29 is 0 Å². The smallest absolute Gasteiger partial charge is 0.0659 e. The third-order valence-electron chi connectivity index (χ3n) is 2.45. The van der Waals surface area contributed by atoms with Crippen LogP contribution in [0.5, 0.6) is 0 Å². The van der Waals surface area contributed by atoms with Crippen LogP contribution in [0.15, 0.2) is 18.2 Å². The Morgan fingerprint density at radius 2 is 2.07 bits per heavy atom. The Kier molecular flexibility index (Phi) is 4.28. The molecule has 1 aromatic rings. The van der Waals surface area contributed by atoms with Crippen molar-refractivity contribution in [3.63, 3.8) is 0 Å². The van der Waals surface area contributed by atoms with Gasteiger partial charge in [-0.1, -0.05) is 18.5 Å². The number of anilines is 2. The number of hydrogen-bond acceptors (Lipinski definition) is 2. The van der Waals surface area contributed by atoms with Crippen molar-refractivity contribution in [1.29, 1.82) is 0 Å². The maximum Gasteiger partial charge on any atom is 0.0659 e. The zero-order valence-electron chi connectivity index (χ0n) is 9.84. The zero-order chi connectivity index (χ0) is 11.4. The maximum atomic E-state index is 6.17. The van der Waals surface area contributed by atoms with Gasteiger partial charge in [0.1, 0.15) is 0 Å². The van der Waals surface area contributed by atoms with Crippen LogP contribution >= 0.6 is 11.6 Å². The quantitative estimate of drug-likeness (QED) is 0.844. The molecule has 0 amide bonds. The Bertz CT molecular complexity index is 323. The molecule has 2 nitrogen and oxygen atoms in total. The van der Waals surface area contributed by atoms with Crippen molar-refractivity contribution >= 4 is 23.0 Å². The summed E-state index contributed by atoms with van der Waals surface area (Å²) < 4.78 is 0. The highest BCUT2D eigenvalue weighted by Crippen LogP contribution is 2.27. The van der Waals surface area contributed by atoms with Gasteiger partial charge in [-0.15, -0.1) is 0 Å². The SMILES string of the molecule is CCC(C)Nc1ccc(N(C)C)c(Cl)c1. The molecule has 0 aliphatic carbocycles. The molecule has 0 bridgehead atoms. The van der Waals surface area contributed by atoms with E-state index in [1.807, 2.05) is 31.1 Å². The van der Waals surface area contributed by atoms with E-state index in [4.69, 9.17) is 11.6 Å². The summed E-state index contributed by atoms with van der Waals surface area (Å²) in [7, 11) is 3.98. The minimum absolute atomic E-state index is 0.478. The van der Waals surface area contributed by atoms with E-state index < -0.39 is 0 Å². The van der Waals surface area contributed by atoms with Crippen LogP contribution in [0, 0.1) is 0 Å². The monoisotopic (exact) mass is 226 g/mol. The summed E-state index contributed by atoms with van der Waals surface area (Å²) in [5.74, 6) is 0. The Balaban J connectivity index is 2.82. The summed E-state index contributed by atoms with van der Waals surface area (Å²) in [6.45, 7) is 4.32. The molecular weight excluding hydrogens is 208 g/mol. The van der Waals surface area contributed by atoms with Crippen molar-refractivity contribution in [2.24, 2.45) is 0 Å². The van der Waals surface area contributed by atoms with Gasteiger partial charge in [0.2, 0.25) is 0 Å². The van der Waals surface area contributed by atoms with E-state index in [2.05, 4.69) is 25.2 Å². The van der Waals surface area contributed by atoms with Gasteiger partial charge in [-0.05, 0) is 31.5 Å². The molecule has 0 saturated carbocycles.